The highest BCUT2D eigenvalue weighted by molar-refractivity contribution is 5.28. The SMILES string of the molecule is Cc1ccc(CC(C[N+](C)(C)CCO)c2ccc(C)cc2)cc1. The number of quaternary nitrogens is 1. The minimum atomic E-state index is 0.234. The summed E-state index contributed by atoms with van der Waals surface area (Å²) >= 11 is 0. The van der Waals surface area contributed by atoms with Crippen molar-refractivity contribution in [2.45, 2.75) is 26.2 Å². The molecule has 0 aromatic heterocycles. The molecule has 2 heteroatoms. The summed E-state index contributed by atoms with van der Waals surface area (Å²) in [4.78, 5) is 0. The van der Waals surface area contributed by atoms with E-state index in [1.54, 1.807) is 0 Å². The maximum absolute atomic E-state index is 9.33. The van der Waals surface area contributed by atoms with Gasteiger partial charge in [-0.25, -0.2) is 0 Å². The Labute approximate surface area is 141 Å². The molecular formula is C21H30NO+. The summed E-state index contributed by atoms with van der Waals surface area (Å²) in [5.41, 5.74) is 5.37. The van der Waals surface area contributed by atoms with Gasteiger partial charge in [0.15, 0.2) is 0 Å². The van der Waals surface area contributed by atoms with Gasteiger partial charge in [0.05, 0.1) is 27.2 Å². The molecular weight excluding hydrogens is 282 g/mol. The first-order valence-electron chi connectivity index (χ1n) is 8.44. The Hall–Kier alpha value is -1.64. The lowest BCUT2D eigenvalue weighted by Crippen LogP contribution is -2.45. The summed E-state index contributed by atoms with van der Waals surface area (Å²) in [6.45, 7) is 6.30. The number of likely N-dealkylation sites (N-methyl/N-ethyl adjacent to an activating group) is 1. The van der Waals surface area contributed by atoms with Crippen LogP contribution in [-0.2, 0) is 6.42 Å². The number of benzene rings is 2. The lowest BCUT2D eigenvalue weighted by atomic mass is 9.90. The summed E-state index contributed by atoms with van der Waals surface area (Å²) in [6, 6.07) is 17.8. The van der Waals surface area contributed by atoms with E-state index in [2.05, 4.69) is 76.5 Å². The third-order valence-corrected chi connectivity index (χ3v) is 4.57. The predicted octanol–water partition coefficient (Wildman–Crippen LogP) is 3.70. The number of nitrogens with zero attached hydrogens (tertiary/aromatic N) is 1. The first-order valence-corrected chi connectivity index (χ1v) is 8.44. The Balaban J connectivity index is 2.23. The summed E-state index contributed by atoms with van der Waals surface area (Å²) in [5.74, 6) is 0.458. The van der Waals surface area contributed by atoms with Gasteiger partial charge >= 0.3 is 0 Å². The summed E-state index contributed by atoms with van der Waals surface area (Å²) in [6.07, 6.45) is 1.04. The Bertz CT molecular complexity index is 599. The molecule has 0 fully saturated rings. The lowest BCUT2D eigenvalue weighted by molar-refractivity contribution is -0.892. The van der Waals surface area contributed by atoms with Gasteiger partial charge in [-0.3, -0.25) is 0 Å². The average molecular weight is 312 g/mol. The lowest BCUT2D eigenvalue weighted by Gasteiger charge is -2.33. The van der Waals surface area contributed by atoms with Gasteiger partial charge in [0.1, 0.15) is 6.54 Å². The van der Waals surface area contributed by atoms with Gasteiger partial charge in [-0.1, -0.05) is 59.7 Å². The van der Waals surface area contributed by atoms with Crippen molar-refractivity contribution in [1.82, 2.24) is 0 Å². The molecule has 1 unspecified atom stereocenters. The molecule has 0 aliphatic carbocycles. The van der Waals surface area contributed by atoms with Crippen molar-refractivity contribution >= 4 is 0 Å². The Morgan fingerprint density at radius 2 is 1.39 bits per heavy atom. The molecule has 1 atom stereocenters. The van der Waals surface area contributed by atoms with Gasteiger partial charge in [-0.15, -0.1) is 0 Å². The molecule has 124 valence electrons. The van der Waals surface area contributed by atoms with E-state index >= 15 is 0 Å². The van der Waals surface area contributed by atoms with Gasteiger partial charge in [-0.2, -0.15) is 0 Å². The monoisotopic (exact) mass is 312 g/mol. The number of aliphatic hydroxyl groups is 1. The molecule has 0 spiro atoms. The number of aliphatic hydroxyl groups excluding tert-OH is 1. The number of rotatable bonds is 7. The van der Waals surface area contributed by atoms with E-state index in [0.717, 1.165) is 24.0 Å². The van der Waals surface area contributed by atoms with E-state index in [9.17, 15) is 5.11 Å². The van der Waals surface area contributed by atoms with Crippen LogP contribution in [0.1, 0.15) is 28.2 Å². The molecule has 0 aliphatic rings. The molecule has 0 saturated carbocycles. The number of aryl methyl sites for hydroxylation is 2. The van der Waals surface area contributed by atoms with Crippen LogP contribution in [0.4, 0.5) is 0 Å². The van der Waals surface area contributed by atoms with Crippen molar-refractivity contribution in [3.05, 3.63) is 70.8 Å². The molecule has 0 bridgehead atoms. The summed E-state index contributed by atoms with van der Waals surface area (Å²) in [5, 5.41) is 9.33. The Kier molecular flexibility index (Phi) is 5.97. The van der Waals surface area contributed by atoms with Crippen LogP contribution >= 0.6 is 0 Å². The van der Waals surface area contributed by atoms with Crippen LogP contribution in [0.5, 0.6) is 0 Å². The zero-order chi connectivity index (χ0) is 16.9. The molecule has 2 nitrogen and oxygen atoms in total. The van der Waals surface area contributed by atoms with E-state index in [1.807, 2.05) is 0 Å². The fourth-order valence-electron chi connectivity index (χ4n) is 3.09. The second-order valence-corrected chi connectivity index (χ2v) is 7.36. The molecule has 23 heavy (non-hydrogen) atoms. The second kappa shape index (κ2) is 7.76. The molecule has 2 aromatic rings. The van der Waals surface area contributed by atoms with Crippen LogP contribution < -0.4 is 0 Å². The molecule has 0 radical (unpaired) electrons. The van der Waals surface area contributed by atoms with E-state index in [1.165, 1.54) is 22.3 Å². The Morgan fingerprint density at radius 3 is 1.91 bits per heavy atom. The topological polar surface area (TPSA) is 20.2 Å². The van der Waals surface area contributed by atoms with Gasteiger partial charge in [0.25, 0.3) is 0 Å². The van der Waals surface area contributed by atoms with Crippen molar-refractivity contribution in [1.29, 1.82) is 0 Å². The van der Waals surface area contributed by atoms with Gasteiger partial charge in [-0.05, 0) is 31.4 Å². The first-order chi connectivity index (χ1) is 10.9. The van der Waals surface area contributed by atoms with E-state index < -0.39 is 0 Å². The van der Waals surface area contributed by atoms with Crippen molar-refractivity contribution < 1.29 is 9.59 Å². The van der Waals surface area contributed by atoms with E-state index in [0.29, 0.717) is 5.92 Å². The minimum absolute atomic E-state index is 0.234. The smallest absolute Gasteiger partial charge is 0.102 e. The first kappa shape index (κ1) is 17.7. The standard InChI is InChI=1S/C21H30NO/c1-17-5-9-19(10-6-17)15-21(16-22(3,4)13-14-23)20-11-7-18(2)8-12-20/h5-12,21,23H,13-16H2,1-4H3/q+1. The van der Waals surface area contributed by atoms with Gasteiger partial charge < -0.3 is 9.59 Å². The highest BCUT2D eigenvalue weighted by atomic mass is 16.3. The van der Waals surface area contributed by atoms with Crippen molar-refractivity contribution in [3.8, 4) is 0 Å². The van der Waals surface area contributed by atoms with Gasteiger partial charge in [0.2, 0.25) is 0 Å². The molecule has 0 amide bonds. The highest BCUT2D eigenvalue weighted by Crippen LogP contribution is 2.24. The fraction of sp³-hybridized carbons (Fsp3) is 0.429. The van der Waals surface area contributed by atoms with Gasteiger partial charge in [0, 0.05) is 5.92 Å². The van der Waals surface area contributed by atoms with Crippen molar-refractivity contribution in [2.75, 3.05) is 33.8 Å². The highest BCUT2D eigenvalue weighted by Gasteiger charge is 2.23. The molecule has 0 saturated heterocycles. The third kappa shape index (κ3) is 5.49. The molecule has 0 aliphatic heterocycles. The van der Waals surface area contributed by atoms with Crippen LogP contribution in [0.25, 0.3) is 0 Å². The fourth-order valence-corrected chi connectivity index (χ4v) is 3.09. The summed E-state index contributed by atoms with van der Waals surface area (Å²) < 4.78 is 0.834. The minimum Gasteiger partial charge on any atom is -0.391 e. The Morgan fingerprint density at radius 1 is 0.870 bits per heavy atom. The zero-order valence-corrected chi connectivity index (χ0v) is 14.9. The second-order valence-electron chi connectivity index (χ2n) is 7.36. The van der Waals surface area contributed by atoms with Crippen LogP contribution in [-0.4, -0.2) is 43.4 Å². The van der Waals surface area contributed by atoms with Crippen molar-refractivity contribution in [2.24, 2.45) is 0 Å². The largest absolute Gasteiger partial charge is 0.391 e. The van der Waals surface area contributed by atoms with Crippen LogP contribution in [0.2, 0.25) is 0 Å². The maximum atomic E-state index is 9.33. The normalized spacial score (nSPS) is 13.1. The quantitative estimate of drug-likeness (QED) is 0.773. The van der Waals surface area contributed by atoms with E-state index in [4.69, 9.17) is 0 Å². The number of hydrogen-bond acceptors (Lipinski definition) is 1. The van der Waals surface area contributed by atoms with E-state index in [-0.39, 0.29) is 6.61 Å². The summed E-state index contributed by atoms with van der Waals surface area (Å²) in [7, 11) is 4.40. The zero-order valence-electron chi connectivity index (χ0n) is 14.9. The van der Waals surface area contributed by atoms with Crippen LogP contribution in [0, 0.1) is 13.8 Å². The van der Waals surface area contributed by atoms with Crippen molar-refractivity contribution in [3.63, 3.8) is 0 Å². The molecule has 2 aromatic carbocycles. The molecule has 2 rings (SSSR count). The number of hydrogen-bond donors (Lipinski definition) is 1. The average Bonchev–Trinajstić information content (AvgIpc) is 2.49. The predicted molar refractivity (Wildman–Crippen MR) is 97.7 cm³/mol. The van der Waals surface area contributed by atoms with Crippen LogP contribution in [0.3, 0.4) is 0 Å². The van der Waals surface area contributed by atoms with Crippen LogP contribution in [0.15, 0.2) is 48.5 Å². The third-order valence-electron chi connectivity index (χ3n) is 4.57. The molecule has 1 N–H and O–H groups in total. The molecule has 0 heterocycles. The maximum Gasteiger partial charge on any atom is 0.102 e.